The van der Waals surface area contributed by atoms with Crippen molar-refractivity contribution < 1.29 is 9.53 Å². The van der Waals surface area contributed by atoms with Gasteiger partial charge in [0.2, 0.25) is 0 Å². The summed E-state index contributed by atoms with van der Waals surface area (Å²) in [4.78, 5) is 15.2. The Morgan fingerprint density at radius 1 is 1.25 bits per heavy atom. The first-order valence-corrected chi connectivity index (χ1v) is 6.56. The Labute approximate surface area is 123 Å². The SMILES string of the molecule is C=CCOc1ccc(C=C2C(=O)N(C)C(=S)N2C)cc1. The van der Waals surface area contributed by atoms with E-state index in [1.165, 1.54) is 4.90 Å². The highest BCUT2D eigenvalue weighted by molar-refractivity contribution is 7.80. The van der Waals surface area contributed by atoms with Crippen molar-refractivity contribution in [2.75, 3.05) is 20.7 Å². The van der Waals surface area contributed by atoms with Crippen LogP contribution in [0, 0.1) is 0 Å². The van der Waals surface area contributed by atoms with Gasteiger partial charge in [0.25, 0.3) is 5.91 Å². The Kier molecular flexibility index (Phi) is 4.20. The molecule has 0 bridgehead atoms. The van der Waals surface area contributed by atoms with E-state index in [4.69, 9.17) is 17.0 Å². The van der Waals surface area contributed by atoms with Crippen molar-refractivity contribution in [1.29, 1.82) is 0 Å². The Morgan fingerprint density at radius 2 is 1.90 bits per heavy atom. The third kappa shape index (κ3) is 2.72. The van der Waals surface area contributed by atoms with Crippen molar-refractivity contribution in [2.24, 2.45) is 0 Å². The fraction of sp³-hybridized carbons (Fsp3) is 0.200. The van der Waals surface area contributed by atoms with Gasteiger partial charge in [0.15, 0.2) is 5.11 Å². The van der Waals surface area contributed by atoms with Gasteiger partial charge >= 0.3 is 0 Å². The summed E-state index contributed by atoms with van der Waals surface area (Å²) in [5.41, 5.74) is 1.49. The van der Waals surface area contributed by atoms with Gasteiger partial charge in [-0.3, -0.25) is 9.69 Å². The van der Waals surface area contributed by atoms with Crippen LogP contribution in [-0.2, 0) is 4.79 Å². The fourth-order valence-corrected chi connectivity index (χ4v) is 2.04. The molecule has 104 valence electrons. The minimum Gasteiger partial charge on any atom is -0.490 e. The molecule has 5 heteroatoms. The second kappa shape index (κ2) is 5.88. The number of hydrogen-bond donors (Lipinski definition) is 0. The monoisotopic (exact) mass is 288 g/mol. The largest absolute Gasteiger partial charge is 0.490 e. The zero-order chi connectivity index (χ0) is 14.7. The van der Waals surface area contributed by atoms with Crippen LogP contribution in [0.15, 0.2) is 42.6 Å². The Morgan fingerprint density at radius 3 is 2.40 bits per heavy atom. The number of amides is 1. The van der Waals surface area contributed by atoms with Gasteiger partial charge in [-0.15, -0.1) is 0 Å². The molecule has 1 saturated heterocycles. The molecule has 0 radical (unpaired) electrons. The molecule has 0 atom stereocenters. The number of thiocarbonyl (C=S) groups is 1. The van der Waals surface area contributed by atoms with E-state index in [-0.39, 0.29) is 5.91 Å². The first-order valence-electron chi connectivity index (χ1n) is 6.16. The first kappa shape index (κ1) is 14.3. The van der Waals surface area contributed by atoms with Crippen LogP contribution in [0.5, 0.6) is 5.75 Å². The van der Waals surface area contributed by atoms with E-state index in [1.807, 2.05) is 30.3 Å². The molecule has 0 saturated carbocycles. The molecule has 0 unspecified atom stereocenters. The molecule has 20 heavy (non-hydrogen) atoms. The number of carbonyl (C=O) groups is 1. The molecule has 0 aliphatic carbocycles. The topological polar surface area (TPSA) is 32.8 Å². The molecule has 2 rings (SSSR count). The van der Waals surface area contributed by atoms with E-state index in [2.05, 4.69) is 6.58 Å². The molecule has 1 aromatic carbocycles. The van der Waals surface area contributed by atoms with Crippen LogP contribution in [0.1, 0.15) is 5.56 Å². The predicted octanol–water partition coefficient (Wildman–Crippen LogP) is 2.28. The Bertz CT molecular complexity index is 578. The molecule has 1 aromatic rings. The van der Waals surface area contributed by atoms with Crippen LogP contribution in [-0.4, -0.2) is 41.5 Å². The second-order valence-corrected chi connectivity index (χ2v) is 4.77. The van der Waals surface area contributed by atoms with E-state index in [0.29, 0.717) is 17.4 Å². The van der Waals surface area contributed by atoms with Crippen molar-refractivity contribution in [3.63, 3.8) is 0 Å². The number of rotatable bonds is 4. The molecule has 1 aliphatic heterocycles. The molecule has 1 fully saturated rings. The summed E-state index contributed by atoms with van der Waals surface area (Å²) in [7, 11) is 3.46. The Balaban J connectivity index is 2.20. The third-order valence-electron chi connectivity index (χ3n) is 3.01. The van der Waals surface area contributed by atoms with Crippen LogP contribution in [0.2, 0.25) is 0 Å². The van der Waals surface area contributed by atoms with Gasteiger partial charge in [-0.1, -0.05) is 24.8 Å². The van der Waals surface area contributed by atoms with Crippen LogP contribution < -0.4 is 4.74 Å². The van der Waals surface area contributed by atoms with E-state index in [0.717, 1.165) is 11.3 Å². The lowest BCUT2D eigenvalue weighted by atomic mass is 10.2. The summed E-state index contributed by atoms with van der Waals surface area (Å²) < 4.78 is 5.41. The van der Waals surface area contributed by atoms with Gasteiger partial charge in [-0.2, -0.15) is 0 Å². The number of nitrogens with zero attached hydrogens (tertiary/aromatic N) is 2. The molecule has 1 aliphatic rings. The summed E-state index contributed by atoms with van der Waals surface area (Å²) in [5, 5.41) is 0.507. The van der Waals surface area contributed by atoms with Crippen molar-refractivity contribution in [3.8, 4) is 5.75 Å². The number of hydrogen-bond acceptors (Lipinski definition) is 3. The smallest absolute Gasteiger partial charge is 0.276 e. The van der Waals surface area contributed by atoms with Crippen LogP contribution in [0.4, 0.5) is 0 Å². The van der Waals surface area contributed by atoms with Crippen molar-refractivity contribution in [2.45, 2.75) is 0 Å². The van der Waals surface area contributed by atoms with Crippen LogP contribution in [0.3, 0.4) is 0 Å². The van der Waals surface area contributed by atoms with E-state index < -0.39 is 0 Å². The van der Waals surface area contributed by atoms with Gasteiger partial charge in [0.05, 0.1) is 0 Å². The first-order chi connectivity index (χ1) is 9.54. The molecule has 0 N–H and O–H groups in total. The summed E-state index contributed by atoms with van der Waals surface area (Å²) in [6, 6.07) is 7.51. The van der Waals surface area contributed by atoms with E-state index in [1.54, 1.807) is 25.1 Å². The summed E-state index contributed by atoms with van der Waals surface area (Å²) in [6.45, 7) is 4.07. The van der Waals surface area contributed by atoms with Gasteiger partial charge in [-0.05, 0) is 36.0 Å². The third-order valence-corrected chi connectivity index (χ3v) is 3.56. The average Bonchev–Trinajstić information content (AvgIpc) is 2.64. The number of likely N-dealkylation sites (N-methyl/N-ethyl adjacent to an activating group) is 2. The lowest BCUT2D eigenvalue weighted by Crippen LogP contribution is -2.26. The minimum absolute atomic E-state index is 0.0931. The standard InChI is InChI=1S/C15H16N2O2S/c1-4-9-19-12-7-5-11(6-8-12)10-13-14(18)17(3)15(20)16(13)2/h4-8,10H,1,9H2,2-3H3. The van der Waals surface area contributed by atoms with E-state index in [9.17, 15) is 4.79 Å². The molecule has 0 aromatic heterocycles. The number of ether oxygens (including phenoxy) is 1. The molecule has 1 heterocycles. The highest BCUT2D eigenvalue weighted by Crippen LogP contribution is 2.21. The lowest BCUT2D eigenvalue weighted by Gasteiger charge is -2.11. The quantitative estimate of drug-likeness (QED) is 0.483. The second-order valence-electron chi connectivity index (χ2n) is 4.40. The van der Waals surface area contributed by atoms with Gasteiger partial charge in [0, 0.05) is 14.1 Å². The van der Waals surface area contributed by atoms with Crippen molar-refractivity contribution >= 4 is 29.3 Å². The molecule has 4 nitrogen and oxygen atoms in total. The maximum absolute atomic E-state index is 12.0. The number of benzene rings is 1. The zero-order valence-electron chi connectivity index (χ0n) is 11.5. The maximum atomic E-state index is 12.0. The highest BCUT2D eigenvalue weighted by Gasteiger charge is 2.32. The van der Waals surface area contributed by atoms with Crippen molar-refractivity contribution in [3.05, 3.63) is 48.2 Å². The summed E-state index contributed by atoms with van der Waals surface area (Å²) >= 11 is 5.16. The zero-order valence-corrected chi connectivity index (χ0v) is 12.3. The van der Waals surface area contributed by atoms with Gasteiger partial charge in [-0.25, -0.2) is 0 Å². The summed E-state index contributed by atoms with van der Waals surface area (Å²) in [6.07, 6.45) is 3.51. The normalized spacial score (nSPS) is 17.0. The number of carbonyl (C=O) groups excluding carboxylic acids is 1. The molecular weight excluding hydrogens is 272 g/mol. The van der Waals surface area contributed by atoms with Crippen molar-refractivity contribution in [1.82, 2.24) is 9.80 Å². The predicted molar refractivity (Wildman–Crippen MR) is 83.2 cm³/mol. The highest BCUT2D eigenvalue weighted by atomic mass is 32.1. The molecular formula is C15H16N2O2S. The average molecular weight is 288 g/mol. The van der Waals surface area contributed by atoms with Gasteiger partial charge < -0.3 is 9.64 Å². The fourth-order valence-electron chi connectivity index (χ4n) is 1.86. The maximum Gasteiger partial charge on any atom is 0.276 e. The molecule has 1 amide bonds. The Hall–Kier alpha value is -2.14. The molecule has 0 spiro atoms. The van der Waals surface area contributed by atoms with Crippen LogP contribution >= 0.6 is 12.2 Å². The minimum atomic E-state index is -0.0931. The van der Waals surface area contributed by atoms with E-state index >= 15 is 0 Å². The summed E-state index contributed by atoms with van der Waals surface area (Å²) in [5.74, 6) is 0.676. The van der Waals surface area contributed by atoms with Crippen LogP contribution in [0.25, 0.3) is 6.08 Å². The van der Waals surface area contributed by atoms with Gasteiger partial charge in [0.1, 0.15) is 18.1 Å². The lowest BCUT2D eigenvalue weighted by molar-refractivity contribution is -0.121.